The number of benzene rings is 1. The molecule has 116 valence electrons. The van der Waals surface area contributed by atoms with Crippen molar-refractivity contribution in [1.29, 1.82) is 0 Å². The van der Waals surface area contributed by atoms with Crippen LogP contribution in [0.15, 0.2) is 24.3 Å². The Kier molecular flexibility index (Phi) is 5.59. The van der Waals surface area contributed by atoms with Gasteiger partial charge in [-0.15, -0.1) is 0 Å². The van der Waals surface area contributed by atoms with Gasteiger partial charge in [0.2, 0.25) is 0 Å². The number of ether oxygens (including phenoxy) is 2. The number of hydrogen-bond donors (Lipinski definition) is 2. The molecule has 5 nitrogen and oxygen atoms in total. The van der Waals surface area contributed by atoms with Crippen LogP contribution >= 0.6 is 0 Å². The topological polar surface area (TPSA) is 73.6 Å². The zero-order valence-electron chi connectivity index (χ0n) is 12.7. The summed E-state index contributed by atoms with van der Waals surface area (Å²) < 4.78 is 11.2. The molecule has 21 heavy (non-hydrogen) atoms. The molecule has 0 bridgehead atoms. The van der Waals surface area contributed by atoms with E-state index in [2.05, 4.69) is 19.2 Å². The minimum Gasteiger partial charge on any atom is -0.493 e. The Morgan fingerprint density at radius 1 is 1.48 bits per heavy atom. The largest absolute Gasteiger partial charge is 0.493 e. The van der Waals surface area contributed by atoms with Crippen molar-refractivity contribution < 1.29 is 14.3 Å². The number of anilines is 1. The van der Waals surface area contributed by atoms with Crippen LogP contribution in [-0.4, -0.2) is 31.3 Å². The predicted molar refractivity (Wildman–Crippen MR) is 82.4 cm³/mol. The van der Waals surface area contributed by atoms with Gasteiger partial charge in [-0.25, -0.2) is 0 Å². The van der Waals surface area contributed by atoms with Crippen LogP contribution in [-0.2, 0) is 9.53 Å². The summed E-state index contributed by atoms with van der Waals surface area (Å²) in [4.78, 5) is 12.1. The Hall–Kier alpha value is -1.59. The first kappa shape index (κ1) is 15.8. The fraction of sp³-hybridized carbons (Fsp3) is 0.562. The first-order valence-corrected chi connectivity index (χ1v) is 7.47. The van der Waals surface area contributed by atoms with Crippen LogP contribution in [0.4, 0.5) is 5.69 Å². The highest BCUT2D eigenvalue weighted by Gasteiger charge is 2.29. The van der Waals surface area contributed by atoms with E-state index in [-0.39, 0.29) is 12.0 Å². The summed E-state index contributed by atoms with van der Waals surface area (Å²) in [5.41, 5.74) is 6.28. The average molecular weight is 292 g/mol. The van der Waals surface area contributed by atoms with Crippen molar-refractivity contribution >= 4 is 11.6 Å². The molecule has 0 spiro atoms. The molecule has 1 aromatic carbocycles. The fourth-order valence-electron chi connectivity index (χ4n) is 2.22. The molecular weight excluding hydrogens is 268 g/mol. The van der Waals surface area contributed by atoms with Crippen LogP contribution in [0, 0.1) is 5.92 Å². The van der Waals surface area contributed by atoms with E-state index in [0.717, 1.165) is 24.3 Å². The lowest BCUT2D eigenvalue weighted by Gasteiger charge is -2.14. The van der Waals surface area contributed by atoms with Crippen LogP contribution in [0.1, 0.15) is 26.7 Å². The molecule has 5 heteroatoms. The van der Waals surface area contributed by atoms with E-state index in [1.54, 1.807) is 0 Å². The lowest BCUT2D eigenvalue weighted by atomic mass is 10.2. The molecular formula is C16H24N2O3. The van der Waals surface area contributed by atoms with Gasteiger partial charge in [0.25, 0.3) is 5.91 Å². The second-order valence-corrected chi connectivity index (χ2v) is 5.78. The van der Waals surface area contributed by atoms with Gasteiger partial charge in [0.1, 0.15) is 11.9 Å². The third-order valence-corrected chi connectivity index (χ3v) is 3.35. The zero-order valence-corrected chi connectivity index (χ0v) is 12.7. The highest BCUT2D eigenvalue weighted by Crippen LogP contribution is 2.22. The van der Waals surface area contributed by atoms with Gasteiger partial charge in [0, 0.05) is 18.3 Å². The van der Waals surface area contributed by atoms with Gasteiger partial charge in [-0.2, -0.15) is 0 Å². The second-order valence-electron chi connectivity index (χ2n) is 5.78. The molecule has 0 unspecified atom stereocenters. The molecule has 2 rings (SSSR count). The van der Waals surface area contributed by atoms with Crippen molar-refractivity contribution in [2.75, 3.05) is 18.5 Å². The van der Waals surface area contributed by atoms with Gasteiger partial charge in [0.05, 0.1) is 12.7 Å². The summed E-state index contributed by atoms with van der Waals surface area (Å²) in [5, 5.41) is 2.87. The van der Waals surface area contributed by atoms with Gasteiger partial charge in [-0.3, -0.25) is 4.79 Å². The Labute approximate surface area is 125 Å². The van der Waals surface area contributed by atoms with Gasteiger partial charge in [0.15, 0.2) is 0 Å². The molecule has 0 aliphatic carbocycles. The minimum atomic E-state index is -0.404. The average Bonchev–Trinajstić information content (AvgIpc) is 2.94. The number of rotatable bonds is 6. The second kappa shape index (κ2) is 7.43. The first-order chi connectivity index (χ1) is 10.1. The lowest BCUT2D eigenvalue weighted by molar-refractivity contribution is -0.126. The maximum Gasteiger partial charge on any atom is 0.253 e. The summed E-state index contributed by atoms with van der Waals surface area (Å²) in [7, 11) is 0. The van der Waals surface area contributed by atoms with Crippen molar-refractivity contribution in [2.24, 2.45) is 11.7 Å². The number of hydrogen-bond acceptors (Lipinski definition) is 4. The maximum atomic E-state index is 12.1. The molecule has 1 amide bonds. The van der Waals surface area contributed by atoms with E-state index in [1.165, 1.54) is 0 Å². The Bertz CT molecular complexity index is 476. The van der Waals surface area contributed by atoms with E-state index in [9.17, 15) is 4.79 Å². The van der Waals surface area contributed by atoms with Crippen LogP contribution in [0.2, 0.25) is 0 Å². The van der Waals surface area contributed by atoms with Crippen molar-refractivity contribution in [1.82, 2.24) is 0 Å². The Balaban J connectivity index is 1.90. The molecule has 0 radical (unpaired) electrons. The monoisotopic (exact) mass is 292 g/mol. The predicted octanol–water partition coefficient (Wildman–Crippen LogP) is 2.17. The third-order valence-electron chi connectivity index (χ3n) is 3.35. The molecule has 2 atom stereocenters. The van der Waals surface area contributed by atoms with E-state index >= 15 is 0 Å². The molecule has 1 fully saturated rings. The van der Waals surface area contributed by atoms with Crippen molar-refractivity contribution in [3.8, 4) is 5.75 Å². The van der Waals surface area contributed by atoms with Crippen molar-refractivity contribution in [3.63, 3.8) is 0 Å². The fourth-order valence-corrected chi connectivity index (χ4v) is 2.22. The lowest BCUT2D eigenvalue weighted by Crippen LogP contribution is -2.29. The third kappa shape index (κ3) is 4.72. The summed E-state index contributed by atoms with van der Waals surface area (Å²) >= 11 is 0. The number of nitrogens with two attached hydrogens (primary N) is 1. The number of carbonyl (C=O) groups is 1. The van der Waals surface area contributed by atoms with Crippen LogP contribution in [0.25, 0.3) is 0 Å². The molecule has 0 aromatic heterocycles. The number of amides is 1. The molecule has 1 aliphatic rings. The standard InChI is InChI=1S/C16H24N2O3/c1-11(2)10-20-13-5-3-4-12(8-13)18-16(19)15-7-6-14(9-17)21-15/h3-5,8,11,14-15H,6-7,9-10,17H2,1-2H3,(H,18,19)/t14-,15+/m1/s1. The van der Waals surface area contributed by atoms with Gasteiger partial charge in [-0.1, -0.05) is 19.9 Å². The zero-order chi connectivity index (χ0) is 15.2. The summed E-state index contributed by atoms with van der Waals surface area (Å²) in [6.45, 7) is 5.30. The van der Waals surface area contributed by atoms with Gasteiger partial charge in [-0.05, 0) is 30.9 Å². The summed E-state index contributed by atoms with van der Waals surface area (Å²) in [6.07, 6.45) is 1.16. The summed E-state index contributed by atoms with van der Waals surface area (Å²) in [6, 6.07) is 7.42. The molecule has 1 aromatic rings. The first-order valence-electron chi connectivity index (χ1n) is 7.47. The smallest absolute Gasteiger partial charge is 0.253 e. The van der Waals surface area contributed by atoms with Gasteiger partial charge < -0.3 is 20.5 Å². The quantitative estimate of drug-likeness (QED) is 0.842. The molecule has 1 saturated heterocycles. The molecule has 3 N–H and O–H groups in total. The van der Waals surface area contributed by atoms with E-state index < -0.39 is 6.10 Å². The van der Waals surface area contributed by atoms with Crippen LogP contribution in [0.3, 0.4) is 0 Å². The van der Waals surface area contributed by atoms with E-state index in [0.29, 0.717) is 19.1 Å². The van der Waals surface area contributed by atoms with Crippen molar-refractivity contribution in [3.05, 3.63) is 24.3 Å². The van der Waals surface area contributed by atoms with Crippen LogP contribution < -0.4 is 15.8 Å². The normalized spacial score (nSPS) is 21.5. The maximum absolute atomic E-state index is 12.1. The summed E-state index contributed by atoms with van der Waals surface area (Å²) in [5.74, 6) is 1.10. The SMILES string of the molecule is CC(C)COc1cccc(NC(=O)[C@@H]2CC[C@H](CN)O2)c1. The molecule has 1 aliphatic heterocycles. The van der Waals surface area contributed by atoms with Crippen LogP contribution in [0.5, 0.6) is 5.75 Å². The highest BCUT2D eigenvalue weighted by atomic mass is 16.5. The van der Waals surface area contributed by atoms with Gasteiger partial charge >= 0.3 is 0 Å². The number of carbonyl (C=O) groups excluding carboxylic acids is 1. The van der Waals surface area contributed by atoms with E-state index in [1.807, 2.05) is 24.3 Å². The molecule has 0 saturated carbocycles. The Morgan fingerprint density at radius 3 is 2.95 bits per heavy atom. The molecule has 1 heterocycles. The van der Waals surface area contributed by atoms with E-state index in [4.69, 9.17) is 15.2 Å². The minimum absolute atomic E-state index is 0.00135. The highest BCUT2D eigenvalue weighted by molar-refractivity contribution is 5.94. The number of nitrogens with one attached hydrogen (secondary N) is 1. The van der Waals surface area contributed by atoms with Crippen molar-refractivity contribution in [2.45, 2.75) is 38.9 Å². The Morgan fingerprint density at radius 2 is 2.29 bits per heavy atom.